The number of aryl methyl sites for hydroxylation is 1. The Morgan fingerprint density at radius 2 is 1.28 bits per heavy atom. The molecule has 1 heterocycles. The zero-order valence-corrected chi connectivity index (χ0v) is 34.3. The Morgan fingerprint density at radius 3 is 2.15 bits per heavy atom. The van der Waals surface area contributed by atoms with Crippen molar-refractivity contribution in [3.63, 3.8) is 0 Å². The molecule has 10 aromatic rings. The van der Waals surface area contributed by atoms with Crippen molar-refractivity contribution in [2.75, 3.05) is 6.54 Å². The summed E-state index contributed by atoms with van der Waals surface area (Å²) in [6.07, 6.45) is 4.28. The fourth-order valence-corrected chi connectivity index (χ4v) is 8.84. The Kier molecular flexibility index (Phi) is 11.1. The standard InChI is InChI=1S/C43H30N2O.C11H13N.C2H6/c1-44-43(45-26-32-16-7-13-28-12-5-6-17-34(28)32)31-15-8-14-29(22-31)30-20-21-35-37(23-30)36-18-9-19-39-41(36)42-38(35)24-33(25-40(42)46-39)27-10-3-2-4-11-27;12-8-9-5-6-10-3-1-2-4-11(10)7-9;1-2/h2-25,43,45H,1,26H2;1-4,7H,5-6,8,12H2;1-2H3. The van der Waals surface area contributed by atoms with Crippen LogP contribution in [0.15, 0.2) is 185 Å². The van der Waals surface area contributed by atoms with Gasteiger partial charge in [-0.2, -0.15) is 0 Å². The molecular formula is C56H49N3O. The third kappa shape index (κ3) is 7.37. The molecule has 0 bridgehead atoms. The molecule has 0 saturated carbocycles. The van der Waals surface area contributed by atoms with E-state index in [2.05, 4.69) is 193 Å². The van der Waals surface area contributed by atoms with Gasteiger partial charge in [0, 0.05) is 23.9 Å². The molecular weight excluding hydrogens is 731 g/mol. The first-order valence-electron chi connectivity index (χ1n) is 21.1. The van der Waals surface area contributed by atoms with Crippen molar-refractivity contribution in [2.45, 2.75) is 39.4 Å². The van der Waals surface area contributed by atoms with E-state index >= 15 is 0 Å². The quantitative estimate of drug-likeness (QED) is 0.119. The summed E-state index contributed by atoms with van der Waals surface area (Å²) < 4.78 is 6.47. The summed E-state index contributed by atoms with van der Waals surface area (Å²) in [5, 5.41) is 13.4. The van der Waals surface area contributed by atoms with Crippen molar-refractivity contribution in [3.05, 3.63) is 198 Å². The van der Waals surface area contributed by atoms with Crippen LogP contribution in [-0.4, -0.2) is 13.3 Å². The van der Waals surface area contributed by atoms with Crippen LogP contribution in [0.1, 0.15) is 48.7 Å². The van der Waals surface area contributed by atoms with Gasteiger partial charge in [0.1, 0.15) is 17.3 Å². The first-order valence-corrected chi connectivity index (χ1v) is 21.1. The second-order valence-corrected chi connectivity index (χ2v) is 15.2. The zero-order valence-electron chi connectivity index (χ0n) is 34.3. The summed E-state index contributed by atoms with van der Waals surface area (Å²) in [7, 11) is 0. The van der Waals surface area contributed by atoms with Gasteiger partial charge in [0.2, 0.25) is 0 Å². The zero-order chi connectivity index (χ0) is 41.0. The highest BCUT2D eigenvalue weighted by atomic mass is 16.3. The molecule has 0 amide bonds. The van der Waals surface area contributed by atoms with E-state index in [0.29, 0.717) is 13.1 Å². The van der Waals surface area contributed by atoms with Crippen LogP contribution >= 0.6 is 0 Å². The highest BCUT2D eigenvalue weighted by Crippen LogP contribution is 2.45. The molecule has 1 unspecified atom stereocenters. The molecule has 294 valence electrons. The van der Waals surface area contributed by atoms with Gasteiger partial charge in [-0.05, 0) is 127 Å². The number of nitrogens with one attached hydrogen (secondary N) is 1. The van der Waals surface area contributed by atoms with Crippen LogP contribution in [0.2, 0.25) is 0 Å². The summed E-state index contributed by atoms with van der Waals surface area (Å²) >= 11 is 0. The van der Waals surface area contributed by atoms with Crippen LogP contribution in [0.3, 0.4) is 0 Å². The van der Waals surface area contributed by atoms with Gasteiger partial charge in [-0.1, -0.05) is 165 Å². The SMILES string of the molecule is C=NC(NCc1cccc2ccccc12)c1cccc(-c2ccc3c(c2)c2cccc4oc5cc(-c6ccccc6)cc3c5c42)c1.CC.NCC1=Cc2ccccc2CC1. The van der Waals surface area contributed by atoms with E-state index < -0.39 is 0 Å². The summed E-state index contributed by atoms with van der Waals surface area (Å²) in [5.41, 5.74) is 18.6. The molecule has 4 heteroatoms. The minimum atomic E-state index is -0.229. The lowest BCUT2D eigenvalue weighted by molar-refractivity contribution is 0.559. The lowest BCUT2D eigenvalue weighted by Crippen LogP contribution is -2.19. The second kappa shape index (κ2) is 17.2. The number of benzene rings is 9. The number of nitrogens with zero attached hydrogens (tertiary/aromatic N) is 1. The van der Waals surface area contributed by atoms with E-state index in [0.717, 1.165) is 46.3 Å². The van der Waals surface area contributed by atoms with Gasteiger partial charge in [-0.15, -0.1) is 0 Å². The molecule has 60 heavy (non-hydrogen) atoms. The van der Waals surface area contributed by atoms with E-state index in [9.17, 15) is 0 Å². The molecule has 0 fully saturated rings. The maximum absolute atomic E-state index is 6.47. The van der Waals surface area contributed by atoms with Gasteiger partial charge < -0.3 is 10.2 Å². The van der Waals surface area contributed by atoms with Gasteiger partial charge in [-0.25, -0.2) is 0 Å². The highest BCUT2D eigenvalue weighted by molar-refractivity contribution is 6.33. The van der Waals surface area contributed by atoms with Crippen LogP contribution in [0.4, 0.5) is 0 Å². The molecule has 1 aromatic heterocycles. The predicted molar refractivity (Wildman–Crippen MR) is 257 cm³/mol. The monoisotopic (exact) mass is 779 g/mol. The number of hydrogen-bond donors (Lipinski definition) is 2. The molecule has 1 aliphatic rings. The number of nitrogens with two attached hydrogens (primary N) is 1. The van der Waals surface area contributed by atoms with Gasteiger partial charge in [0.25, 0.3) is 0 Å². The Balaban J connectivity index is 0.000000282. The lowest BCUT2D eigenvalue weighted by atomic mass is 9.90. The van der Waals surface area contributed by atoms with Crippen LogP contribution in [-0.2, 0) is 13.0 Å². The minimum absolute atomic E-state index is 0.229. The van der Waals surface area contributed by atoms with Crippen molar-refractivity contribution in [3.8, 4) is 22.3 Å². The molecule has 1 atom stereocenters. The van der Waals surface area contributed by atoms with Gasteiger partial charge in [-0.3, -0.25) is 10.3 Å². The molecule has 0 saturated heterocycles. The summed E-state index contributed by atoms with van der Waals surface area (Å²) in [6, 6.07) is 60.4. The minimum Gasteiger partial charge on any atom is -0.456 e. The van der Waals surface area contributed by atoms with E-state index in [-0.39, 0.29) is 6.17 Å². The third-order valence-corrected chi connectivity index (χ3v) is 11.8. The van der Waals surface area contributed by atoms with Crippen molar-refractivity contribution < 1.29 is 4.42 Å². The summed E-state index contributed by atoms with van der Waals surface area (Å²) in [5.74, 6) is 0. The largest absolute Gasteiger partial charge is 0.456 e. The summed E-state index contributed by atoms with van der Waals surface area (Å²) in [4.78, 5) is 4.49. The van der Waals surface area contributed by atoms with Crippen LogP contribution < -0.4 is 11.1 Å². The normalized spacial score (nSPS) is 12.8. The molecule has 3 N–H and O–H groups in total. The second-order valence-electron chi connectivity index (χ2n) is 15.2. The number of fused-ring (bicyclic) bond motifs is 5. The molecule has 0 spiro atoms. The maximum atomic E-state index is 6.47. The highest BCUT2D eigenvalue weighted by Gasteiger charge is 2.19. The lowest BCUT2D eigenvalue weighted by Gasteiger charge is -2.17. The molecule has 0 radical (unpaired) electrons. The van der Waals surface area contributed by atoms with Gasteiger partial charge in [0.05, 0.1) is 0 Å². The van der Waals surface area contributed by atoms with Crippen LogP contribution in [0, 0.1) is 0 Å². The average Bonchev–Trinajstić information content (AvgIpc) is 3.71. The third-order valence-electron chi connectivity index (χ3n) is 11.8. The van der Waals surface area contributed by atoms with E-state index in [1.54, 1.807) is 0 Å². The van der Waals surface area contributed by atoms with Gasteiger partial charge in [0.15, 0.2) is 0 Å². The van der Waals surface area contributed by atoms with Crippen molar-refractivity contribution >= 4 is 67.0 Å². The Bertz CT molecular complexity index is 3130. The fraction of sp³-hybridized carbons (Fsp3) is 0.125. The first-order chi connectivity index (χ1) is 29.6. The molecule has 1 aliphatic carbocycles. The number of aliphatic imine (C=N–C) groups is 1. The van der Waals surface area contributed by atoms with Crippen LogP contribution in [0.25, 0.3) is 82.6 Å². The van der Waals surface area contributed by atoms with Crippen molar-refractivity contribution in [1.82, 2.24) is 5.32 Å². The molecule has 11 rings (SSSR count). The Morgan fingerprint density at radius 1 is 0.583 bits per heavy atom. The van der Waals surface area contributed by atoms with Crippen molar-refractivity contribution in [1.29, 1.82) is 0 Å². The average molecular weight is 780 g/mol. The molecule has 9 aromatic carbocycles. The molecule has 0 aliphatic heterocycles. The van der Waals surface area contributed by atoms with Gasteiger partial charge >= 0.3 is 0 Å². The molecule has 4 nitrogen and oxygen atoms in total. The van der Waals surface area contributed by atoms with E-state index in [4.69, 9.17) is 10.2 Å². The predicted octanol–water partition coefficient (Wildman–Crippen LogP) is 14.3. The summed E-state index contributed by atoms with van der Waals surface area (Å²) in [6.45, 7) is 9.34. The number of hydrogen-bond acceptors (Lipinski definition) is 4. The Hall–Kier alpha value is -6.85. The number of furan rings is 1. The van der Waals surface area contributed by atoms with Crippen molar-refractivity contribution in [2.24, 2.45) is 10.7 Å². The van der Waals surface area contributed by atoms with E-state index in [1.807, 2.05) is 13.8 Å². The fourth-order valence-electron chi connectivity index (χ4n) is 8.84. The number of rotatable bonds is 8. The first kappa shape index (κ1) is 38.7. The smallest absolute Gasteiger partial charge is 0.136 e. The Labute approximate surface area is 352 Å². The van der Waals surface area contributed by atoms with Crippen LogP contribution in [0.5, 0.6) is 0 Å². The van der Waals surface area contributed by atoms with E-state index in [1.165, 1.54) is 70.9 Å². The topological polar surface area (TPSA) is 63.5 Å². The maximum Gasteiger partial charge on any atom is 0.136 e.